The number of amides is 3. The molecule has 4 heteroatoms. The van der Waals surface area contributed by atoms with E-state index in [1.165, 1.54) is 4.90 Å². The highest BCUT2D eigenvalue weighted by Gasteiger charge is 2.27. The molecule has 1 fully saturated rings. The standard InChI is InChI=1S/C6H9N2O2/c1-2-3-8-4-5(9)7-6(8)10/h2-4H2,1H3. The molecule has 1 rings (SSSR count). The van der Waals surface area contributed by atoms with Crippen LogP contribution in [0.5, 0.6) is 0 Å². The van der Waals surface area contributed by atoms with Crippen LogP contribution in [0.25, 0.3) is 0 Å². The minimum atomic E-state index is -0.383. The van der Waals surface area contributed by atoms with Gasteiger partial charge in [0, 0.05) is 6.54 Å². The number of nitrogens with zero attached hydrogens (tertiary/aromatic N) is 2. The topological polar surface area (TPSA) is 51.5 Å². The molecule has 0 aliphatic carbocycles. The van der Waals surface area contributed by atoms with Gasteiger partial charge in [0.25, 0.3) is 5.91 Å². The van der Waals surface area contributed by atoms with E-state index in [-0.39, 0.29) is 18.5 Å². The van der Waals surface area contributed by atoms with Crippen LogP contribution in [0.3, 0.4) is 0 Å². The van der Waals surface area contributed by atoms with Crippen LogP contribution in [0.4, 0.5) is 4.79 Å². The van der Waals surface area contributed by atoms with Gasteiger partial charge < -0.3 is 4.90 Å². The van der Waals surface area contributed by atoms with Gasteiger partial charge in [-0.05, 0) is 6.42 Å². The Hall–Kier alpha value is -1.06. The van der Waals surface area contributed by atoms with Crippen LogP contribution in [0.1, 0.15) is 13.3 Å². The molecule has 10 heavy (non-hydrogen) atoms. The van der Waals surface area contributed by atoms with Crippen LogP contribution in [-0.2, 0) is 4.79 Å². The van der Waals surface area contributed by atoms with E-state index in [9.17, 15) is 9.59 Å². The smallest absolute Gasteiger partial charge is 0.313 e. The van der Waals surface area contributed by atoms with Crippen molar-refractivity contribution in [3.63, 3.8) is 0 Å². The van der Waals surface area contributed by atoms with Crippen molar-refractivity contribution < 1.29 is 9.59 Å². The van der Waals surface area contributed by atoms with Crippen LogP contribution in [-0.4, -0.2) is 29.9 Å². The molecule has 4 nitrogen and oxygen atoms in total. The Morgan fingerprint density at radius 1 is 1.60 bits per heavy atom. The molecule has 0 spiro atoms. The van der Waals surface area contributed by atoms with Crippen LogP contribution >= 0.6 is 0 Å². The van der Waals surface area contributed by atoms with Crippen molar-refractivity contribution in [1.82, 2.24) is 10.2 Å². The van der Waals surface area contributed by atoms with Gasteiger partial charge in [0.2, 0.25) is 0 Å². The quantitative estimate of drug-likeness (QED) is 0.507. The van der Waals surface area contributed by atoms with Gasteiger partial charge in [-0.3, -0.25) is 4.79 Å². The largest absolute Gasteiger partial charge is 0.347 e. The molecular formula is C6H9N2O2. The number of carbonyl (C=O) groups excluding carboxylic acids is 2. The molecule has 1 heterocycles. The Kier molecular flexibility index (Phi) is 1.89. The molecule has 0 aromatic heterocycles. The minimum absolute atomic E-state index is 0.173. The average molecular weight is 141 g/mol. The molecule has 0 atom stereocenters. The fourth-order valence-corrected chi connectivity index (χ4v) is 0.888. The summed E-state index contributed by atoms with van der Waals surface area (Å²) in [5.74, 6) is -0.321. The van der Waals surface area contributed by atoms with E-state index < -0.39 is 0 Å². The molecule has 1 radical (unpaired) electrons. The summed E-state index contributed by atoms with van der Waals surface area (Å²) in [6, 6.07) is -0.383. The molecule has 0 saturated carbocycles. The zero-order valence-corrected chi connectivity index (χ0v) is 5.83. The summed E-state index contributed by atoms with van der Waals surface area (Å²) in [6.45, 7) is 2.76. The maximum absolute atomic E-state index is 10.7. The van der Waals surface area contributed by atoms with Crippen molar-refractivity contribution in [3.05, 3.63) is 0 Å². The van der Waals surface area contributed by atoms with Crippen molar-refractivity contribution in [2.75, 3.05) is 13.1 Å². The highest BCUT2D eigenvalue weighted by molar-refractivity contribution is 6.01. The van der Waals surface area contributed by atoms with Crippen LogP contribution in [0, 0.1) is 0 Å². The lowest BCUT2D eigenvalue weighted by atomic mass is 10.4. The number of hydrogen-bond acceptors (Lipinski definition) is 2. The molecule has 1 saturated heterocycles. The Labute approximate surface area is 59.2 Å². The predicted octanol–water partition coefficient (Wildman–Crippen LogP) is -0.0370. The van der Waals surface area contributed by atoms with Gasteiger partial charge in [0.05, 0.1) is 0 Å². The van der Waals surface area contributed by atoms with Crippen molar-refractivity contribution in [1.29, 1.82) is 0 Å². The lowest BCUT2D eigenvalue weighted by Crippen LogP contribution is -2.26. The number of carbonyl (C=O) groups is 2. The molecular weight excluding hydrogens is 132 g/mol. The predicted molar refractivity (Wildman–Crippen MR) is 34.4 cm³/mol. The highest BCUT2D eigenvalue weighted by Crippen LogP contribution is 1.99. The Morgan fingerprint density at radius 3 is 2.70 bits per heavy atom. The van der Waals surface area contributed by atoms with Crippen molar-refractivity contribution >= 4 is 11.9 Å². The number of urea groups is 1. The van der Waals surface area contributed by atoms with Crippen LogP contribution in [0.2, 0.25) is 0 Å². The molecule has 3 amide bonds. The van der Waals surface area contributed by atoms with E-state index >= 15 is 0 Å². The van der Waals surface area contributed by atoms with Gasteiger partial charge in [0.15, 0.2) is 0 Å². The third kappa shape index (κ3) is 1.26. The summed E-state index contributed by atoms with van der Waals surface area (Å²) >= 11 is 0. The zero-order valence-electron chi connectivity index (χ0n) is 5.83. The Bertz CT molecular complexity index is 167. The third-order valence-corrected chi connectivity index (χ3v) is 1.31. The second-order valence-corrected chi connectivity index (χ2v) is 2.21. The van der Waals surface area contributed by atoms with Crippen molar-refractivity contribution in [2.45, 2.75) is 13.3 Å². The third-order valence-electron chi connectivity index (χ3n) is 1.31. The molecule has 0 unspecified atom stereocenters. The van der Waals surface area contributed by atoms with E-state index in [4.69, 9.17) is 0 Å². The van der Waals surface area contributed by atoms with E-state index in [1.54, 1.807) is 0 Å². The maximum atomic E-state index is 10.7. The summed E-state index contributed by atoms with van der Waals surface area (Å²) in [6.07, 6.45) is 0.870. The summed E-state index contributed by atoms with van der Waals surface area (Å²) in [4.78, 5) is 22.7. The van der Waals surface area contributed by atoms with Gasteiger partial charge in [-0.1, -0.05) is 6.92 Å². The normalized spacial score (nSPS) is 17.9. The second kappa shape index (κ2) is 2.68. The van der Waals surface area contributed by atoms with Gasteiger partial charge in [-0.15, -0.1) is 0 Å². The molecule has 0 aromatic carbocycles. The summed E-state index contributed by atoms with van der Waals surface area (Å²) in [5, 5.41) is 3.24. The van der Waals surface area contributed by atoms with E-state index in [2.05, 4.69) is 5.32 Å². The zero-order chi connectivity index (χ0) is 7.56. The average Bonchev–Trinajstić information content (AvgIpc) is 2.13. The van der Waals surface area contributed by atoms with Gasteiger partial charge in [-0.25, -0.2) is 4.79 Å². The molecule has 0 aromatic rings. The van der Waals surface area contributed by atoms with Crippen molar-refractivity contribution in [3.8, 4) is 0 Å². The summed E-state index contributed by atoms with van der Waals surface area (Å²) in [5.41, 5.74) is 0. The second-order valence-electron chi connectivity index (χ2n) is 2.21. The first-order chi connectivity index (χ1) is 4.74. The summed E-state index contributed by atoms with van der Waals surface area (Å²) in [7, 11) is 0. The summed E-state index contributed by atoms with van der Waals surface area (Å²) < 4.78 is 0. The Morgan fingerprint density at radius 2 is 2.30 bits per heavy atom. The minimum Gasteiger partial charge on any atom is -0.313 e. The number of hydrogen-bond donors (Lipinski definition) is 0. The van der Waals surface area contributed by atoms with Crippen LogP contribution in [0.15, 0.2) is 0 Å². The highest BCUT2D eigenvalue weighted by atomic mass is 16.2. The van der Waals surface area contributed by atoms with Crippen molar-refractivity contribution in [2.24, 2.45) is 0 Å². The van der Waals surface area contributed by atoms with Gasteiger partial charge >= 0.3 is 6.03 Å². The first-order valence-corrected chi connectivity index (χ1v) is 3.27. The molecule has 1 aliphatic heterocycles. The first kappa shape index (κ1) is 7.05. The van der Waals surface area contributed by atoms with E-state index in [0.717, 1.165) is 6.42 Å². The van der Waals surface area contributed by atoms with Crippen LogP contribution < -0.4 is 5.32 Å². The fraction of sp³-hybridized carbons (Fsp3) is 0.667. The first-order valence-electron chi connectivity index (χ1n) is 3.27. The number of rotatable bonds is 2. The lowest BCUT2D eigenvalue weighted by molar-refractivity contribution is -0.118. The SMILES string of the molecule is CCCN1CC(=O)[N]C1=O. The lowest BCUT2D eigenvalue weighted by Gasteiger charge is -2.08. The Balaban J connectivity index is 2.46. The molecule has 55 valence electrons. The van der Waals surface area contributed by atoms with E-state index in [1.807, 2.05) is 6.92 Å². The van der Waals surface area contributed by atoms with E-state index in [0.29, 0.717) is 6.54 Å². The monoisotopic (exact) mass is 141 g/mol. The van der Waals surface area contributed by atoms with Gasteiger partial charge in [0.1, 0.15) is 6.54 Å². The molecule has 1 aliphatic rings. The number of imide groups is 1. The fourth-order valence-electron chi connectivity index (χ4n) is 0.888. The molecule has 0 N–H and O–H groups in total. The maximum Gasteiger partial charge on any atom is 0.347 e. The molecule has 0 bridgehead atoms. The van der Waals surface area contributed by atoms with Gasteiger partial charge in [-0.2, -0.15) is 5.32 Å².